The smallest absolute Gasteiger partial charge is 0.269 e. The van der Waals surface area contributed by atoms with Gasteiger partial charge in [-0.15, -0.1) is 10.2 Å². The normalized spacial score (nSPS) is 20.4. The molecule has 1 fully saturated rings. The maximum Gasteiger partial charge on any atom is 0.269 e. The molecule has 1 aromatic heterocycles. The fourth-order valence-electron chi connectivity index (χ4n) is 1.77. The van der Waals surface area contributed by atoms with Gasteiger partial charge >= 0.3 is 0 Å². The number of nitrogens with zero attached hydrogens (tertiary/aromatic N) is 3. The SMILES string of the molecule is CC(=O)Nc1nnc(S(=O)(=O)NCC2CN(C)CCO2)s1. The first-order chi connectivity index (χ1) is 9.87. The molecular weight excluding hydrogens is 318 g/mol. The van der Waals surface area contributed by atoms with Crippen molar-refractivity contribution in [2.24, 2.45) is 0 Å². The number of likely N-dealkylation sites (N-methyl/N-ethyl adjacent to an activating group) is 1. The maximum absolute atomic E-state index is 12.1. The number of carbonyl (C=O) groups is 1. The molecule has 1 aliphatic heterocycles. The van der Waals surface area contributed by atoms with Gasteiger partial charge in [-0.1, -0.05) is 11.3 Å². The van der Waals surface area contributed by atoms with Crippen molar-refractivity contribution in [2.45, 2.75) is 17.4 Å². The second-order valence-corrected chi connectivity index (χ2v) is 7.58. The minimum Gasteiger partial charge on any atom is -0.374 e. The van der Waals surface area contributed by atoms with Crippen molar-refractivity contribution in [2.75, 3.05) is 38.6 Å². The molecule has 9 nitrogen and oxygen atoms in total. The zero-order valence-corrected chi connectivity index (χ0v) is 13.3. The summed E-state index contributed by atoms with van der Waals surface area (Å²) in [6.45, 7) is 3.55. The van der Waals surface area contributed by atoms with E-state index >= 15 is 0 Å². The largest absolute Gasteiger partial charge is 0.374 e. The van der Waals surface area contributed by atoms with Crippen molar-refractivity contribution in [3.63, 3.8) is 0 Å². The zero-order valence-electron chi connectivity index (χ0n) is 11.7. The Labute approximate surface area is 126 Å². The average molecular weight is 335 g/mol. The lowest BCUT2D eigenvalue weighted by atomic mass is 10.3. The van der Waals surface area contributed by atoms with E-state index in [0.717, 1.165) is 17.9 Å². The average Bonchev–Trinajstić information content (AvgIpc) is 2.85. The fourth-order valence-corrected chi connectivity index (χ4v) is 3.83. The van der Waals surface area contributed by atoms with Gasteiger partial charge in [-0.05, 0) is 7.05 Å². The Balaban J connectivity index is 1.94. The molecule has 0 radical (unpaired) electrons. The van der Waals surface area contributed by atoms with Gasteiger partial charge in [-0.25, -0.2) is 13.1 Å². The number of aromatic nitrogens is 2. The highest BCUT2D eigenvalue weighted by molar-refractivity contribution is 7.91. The van der Waals surface area contributed by atoms with E-state index in [4.69, 9.17) is 4.74 Å². The molecule has 0 aromatic carbocycles. The van der Waals surface area contributed by atoms with E-state index in [9.17, 15) is 13.2 Å². The number of sulfonamides is 1. The molecule has 1 saturated heterocycles. The van der Waals surface area contributed by atoms with Crippen molar-refractivity contribution < 1.29 is 17.9 Å². The van der Waals surface area contributed by atoms with Crippen molar-refractivity contribution in [3.05, 3.63) is 0 Å². The number of rotatable bonds is 5. The number of morpholine rings is 1. The van der Waals surface area contributed by atoms with Crippen molar-refractivity contribution in [1.29, 1.82) is 0 Å². The number of hydrogen-bond acceptors (Lipinski definition) is 8. The lowest BCUT2D eigenvalue weighted by Crippen LogP contribution is -2.45. The van der Waals surface area contributed by atoms with Gasteiger partial charge in [0, 0.05) is 26.6 Å². The molecular formula is C10H17N5O4S2. The van der Waals surface area contributed by atoms with E-state index in [-0.39, 0.29) is 28.0 Å². The Hall–Kier alpha value is -1.14. The Morgan fingerprint density at radius 1 is 1.52 bits per heavy atom. The molecule has 2 N–H and O–H groups in total. The van der Waals surface area contributed by atoms with Crippen LogP contribution in [-0.2, 0) is 19.6 Å². The predicted molar refractivity (Wildman–Crippen MR) is 76.6 cm³/mol. The van der Waals surface area contributed by atoms with E-state index in [0.29, 0.717) is 13.2 Å². The van der Waals surface area contributed by atoms with Crippen LogP contribution in [0.5, 0.6) is 0 Å². The molecule has 1 aromatic rings. The molecule has 0 aliphatic carbocycles. The minimum absolute atomic E-state index is 0.150. The molecule has 0 bridgehead atoms. The van der Waals surface area contributed by atoms with Crippen LogP contribution in [0.15, 0.2) is 4.34 Å². The summed E-state index contributed by atoms with van der Waals surface area (Å²) < 4.78 is 31.9. The van der Waals surface area contributed by atoms with Gasteiger partial charge in [0.1, 0.15) is 0 Å². The Morgan fingerprint density at radius 3 is 2.95 bits per heavy atom. The summed E-state index contributed by atoms with van der Waals surface area (Å²) in [5.41, 5.74) is 0. The highest BCUT2D eigenvalue weighted by Gasteiger charge is 2.24. The molecule has 2 rings (SSSR count). The minimum atomic E-state index is -3.75. The highest BCUT2D eigenvalue weighted by Crippen LogP contribution is 2.19. The third-order valence-electron chi connectivity index (χ3n) is 2.76. The number of hydrogen-bond donors (Lipinski definition) is 2. The number of anilines is 1. The molecule has 1 atom stereocenters. The summed E-state index contributed by atoms with van der Waals surface area (Å²) in [5, 5.41) is 9.72. The fraction of sp³-hybridized carbons (Fsp3) is 0.700. The first-order valence-corrected chi connectivity index (χ1v) is 8.57. The summed E-state index contributed by atoms with van der Waals surface area (Å²) in [6.07, 6.45) is -0.193. The van der Waals surface area contributed by atoms with E-state index in [2.05, 4.69) is 25.1 Å². The third kappa shape index (κ3) is 4.68. The quantitative estimate of drug-likeness (QED) is 0.671. The highest BCUT2D eigenvalue weighted by atomic mass is 32.2. The third-order valence-corrected chi connectivity index (χ3v) is 5.39. The zero-order chi connectivity index (χ0) is 15.5. The van der Waals surface area contributed by atoms with Gasteiger partial charge in [0.15, 0.2) is 0 Å². The van der Waals surface area contributed by atoms with Gasteiger partial charge in [0.2, 0.25) is 15.4 Å². The van der Waals surface area contributed by atoms with Gasteiger partial charge in [0.05, 0.1) is 12.7 Å². The van der Waals surface area contributed by atoms with Crippen LogP contribution in [0.2, 0.25) is 0 Å². The van der Waals surface area contributed by atoms with Crippen LogP contribution in [-0.4, -0.2) is 68.8 Å². The molecule has 21 heavy (non-hydrogen) atoms. The Bertz CT molecular complexity index is 602. The lowest BCUT2D eigenvalue weighted by Gasteiger charge is -2.29. The molecule has 1 aliphatic rings. The molecule has 0 spiro atoms. The van der Waals surface area contributed by atoms with Crippen LogP contribution in [0.4, 0.5) is 5.13 Å². The first kappa shape index (κ1) is 16.2. The lowest BCUT2D eigenvalue weighted by molar-refractivity contribution is -0.114. The van der Waals surface area contributed by atoms with Gasteiger partial charge in [-0.3, -0.25) is 4.79 Å². The monoisotopic (exact) mass is 335 g/mol. The second kappa shape index (κ2) is 6.75. The number of amides is 1. The number of ether oxygens (including phenoxy) is 1. The molecule has 1 unspecified atom stereocenters. The number of nitrogens with one attached hydrogen (secondary N) is 2. The van der Waals surface area contributed by atoms with E-state index < -0.39 is 10.0 Å². The molecule has 1 amide bonds. The van der Waals surface area contributed by atoms with Gasteiger partial charge in [0.25, 0.3) is 10.0 Å². The predicted octanol–water partition coefficient (Wildman–Crippen LogP) is -0.895. The Kier molecular flexibility index (Phi) is 5.22. The molecule has 0 saturated carbocycles. The summed E-state index contributed by atoms with van der Waals surface area (Å²) in [5.74, 6) is -0.332. The topological polar surface area (TPSA) is 114 Å². The van der Waals surface area contributed by atoms with Gasteiger partial charge < -0.3 is 15.0 Å². The van der Waals surface area contributed by atoms with Crippen LogP contribution < -0.4 is 10.0 Å². The first-order valence-electron chi connectivity index (χ1n) is 6.28. The van der Waals surface area contributed by atoms with Crippen molar-refractivity contribution in [3.8, 4) is 0 Å². The van der Waals surface area contributed by atoms with Crippen molar-refractivity contribution >= 4 is 32.4 Å². The second-order valence-electron chi connectivity index (χ2n) is 4.66. The summed E-state index contributed by atoms with van der Waals surface area (Å²) in [7, 11) is -1.79. The van der Waals surface area contributed by atoms with Crippen LogP contribution in [0.3, 0.4) is 0 Å². The van der Waals surface area contributed by atoms with Crippen molar-refractivity contribution in [1.82, 2.24) is 19.8 Å². The summed E-state index contributed by atoms with van der Waals surface area (Å²) >= 11 is 0.799. The van der Waals surface area contributed by atoms with E-state index in [1.54, 1.807) is 0 Å². The standard InChI is InChI=1S/C10H17N5O4S2/c1-7(16)12-9-13-14-10(20-9)21(17,18)11-5-8-6-15(2)3-4-19-8/h8,11H,3-6H2,1-2H3,(H,12,13,16). The molecule has 2 heterocycles. The van der Waals surface area contributed by atoms with Crippen LogP contribution in [0.1, 0.15) is 6.92 Å². The summed E-state index contributed by atoms with van der Waals surface area (Å²) in [6, 6.07) is 0. The van der Waals surface area contributed by atoms with Crippen LogP contribution >= 0.6 is 11.3 Å². The van der Waals surface area contributed by atoms with E-state index in [1.165, 1.54) is 6.92 Å². The van der Waals surface area contributed by atoms with Crippen LogP contribution in [0, 0.1) is 0 Å². The molecule has 118 valence electrons. The maximum atomic E-state index is 12.1. The number of carbonyl (C=O) groups excluding carboxylic acids is 1. The van der Waals surface area contributed by atoms with Crippen LogP contribution in [0.25, 0.3) is 0 Å². The van der Waals surface area contributed by atoms with E-state index in [1.807, 2.05) is 7.05 Å². The summed E-state index contributed by atoms with van der Waals surface area (Å²) in [4.78, 5) is 12.9. The molecule has 11 heteroatoms. The van der Waals surface area contributed by atoms with Gasteiger partial charge in [-0.2, -0.15) is 0 Å². The Morgan fingerprint density at radius 2 is 2.29 bits per heavy atom.